The van der Waals surface area contributed by atoms with Crippen LogP contribution in [-0.4, -0.2) is 55.8 Å². The highest BCUT2D eigenvalue weighted by molar-refractivity contribution is 7.89. The molecule has 0 N–H and O–H groups in total. The molecule has 1 aliphatic rings. The molecule has 8 heteroatoms. The van der Waals surface area contributed by atoms with Gasteiger partial charge in [-0.1, -0.05) is 0 Å². The molecular weight excluding hydrogens is 323 g/mol. The van der Waals surface area contributed by atoms with Gasteiger partial charge in [0.25, 0.3) is 0 Å². The molecule has 0 unspecified atom stereocenters. The van der Waals surface area contributed by atoms with Gasteiger partial charge < -0.3 is 9.64 Å². The highest BCUT2D eigenvalue weighted by atomic mass is 32.2. The summed E-state index contributed by atoms with van der Waals surface area (Å²) >= 11 is 0. The van der Waals surface area contributed by atoms with Crippen LogP contribution in [0.25, 0.3) is 0 Å². The van der Waals surface area contributed by atoms with Crippen LogP contribution < -0.4 is 4.74 Å². The normalized spacial score (nSPS) is 16.7. The molecule has 1 amide bonds. The van der Waals surface area contributed by atoms with Crippen LogP contribution in [0, 0.1) is 5.82 Å². The van der Waals surface area contributed by atoms with Crippen molar-refractivity contribution in [3.05, 3.63) is 24.0 Å². The Balaban J connectivity index is 2.17. The minimum atomic E-state index is -3.78. The van der Waals surface area contributed by atoms with E-state index < -0.39 is 15.8 Å². The largest absolute Gasteiger partial charge is 0.488 e. The van der Waals surface area contributed by atoms with Crippen LogP contribution in [0.5, 0.6) is 5.75 Å². The smallest absolute Gasteiger partial charge is 0.243 e. The Hall–Kier alpha value is -1.67. The number of carbonyl (C=O) groups is 1. The summed E-state index contributed by atoms with van der Waals surface area (Å²) in [5, 5.41) is 0. The Morgan fingerprint density at radius 2 is 1.83 bits per heavy atom. The van der Waals surface area contributed by atoms with Crippen LogP contribution in [0.4, 0.5) is 4.39 Å². The number of hydrogen-bond donors (Lipinski definition) is 0. The van der Waals surface area contributed by atoms with E-state index in [2.05, 4.69) is 0 Å². The maximum atomic E-state index is 14.0. The third-order valence-electron chi connectivity index (χ3n) is 3.59. The molecule has 0 saturated carbocycles. The summed E-state index contributed by atoms with van der Waals surface area (Å²) in [5.74, 6) is -0.759. The Kier molecular flexibility index (Phi) is 5.26. The van der Waals surface area contributed by atoms with E-state index in [4.69, 9.17) is 4.74 Å². The summed E-state index contributed by atoms with van der Waals surface area (Å²) in [7, 11) is -3.78. The molecule has 1 aliphatic heterocycles. The Bertz CT molecular complexity index is 683. The first-order chi connectivity index (χ1) is 10.7. The summed E-state index contributed by atoms with van der Waals surface area (Å²) in [6.07, 6.45) is -0.202. The summed E-state index contributed by atoms with van der Waals surface area (Å²) in [5.41, 5.74) is 0. The van der Waals surface area contributed by atoms with Crippen molar-refractivity contribution in [2.24, 2.45) is 0 Å². The second-order valence-corrected chi connectivity index (χ2v) is 7.61. The molecule has 1 fully saturated rings. The van der Waals surface area contributed by atoms with Crippen LogP contribution in [0.3, 0.4) is 0 Å². The number of halogens is 1. The Morgan fingerprint density at radius 1 is 1.22 bits per heavy atom. The molecule has 6 nitrogen and oxygen atoms in total. The van der Waals surface area contributed by atoms with E-state index in [0.29, 0.717) is 13.1 Å². The summed E-state index contributed by atoms with van der Waals surface area (Å²) < 4.78 is 45.7. The average Bonchev–Trinajstić information content (AvgIpc) is 2.49. The van der Waals surface area contributed by atoms with Gasteiger partial charge in [0.15, 0.2) is 11.6 Å². The van der Waals surface area contributed by atoms with Gasteiger partial charge in [0.1, 0.15) is 0 Å². The molecule has 128 valence electrons. The molecule has 2 rings (SSSR count). The molecule has 0 atom stereocenters. The zero-order valence-electron chi connectivity index (χ0n) is 13.5. The van der Waals surface area contributed by atoms with E-state index in [9.17, 15) is 17.6 Å². The number of carbonyl (C=O) groups excluding carboxylic acids is 1. The highest BCUT2D eigenvalue weighted by Gasteiger charge is 2.29. The fraction of sp³-hybridized carbons (Fsp3) is 0.533. The second kappa shape index (κ2) is 6.84. The molecule has 1 saturated heterocycles. The van der Waals surface area contributed by atoms with Crippen molar-refractivity contribution in [2.75, 3.05) is 26.2 Å². The number of nitrogens with zero attached hydrogens (tertiary/aromatic N) is 2. The molecule has 23 heavy (non-hydrogen) atoms. The lowest BCUT2D eigenvalue weighted by Crippen LogP contribution is -2.49. The molecule has 1 heterocycles. The summed E-state index contributed by atoms with van der Waals surface area (Å²) in [6, 6.07) is 3.64. The topological polar surface area (TPSA) is 66.9 Å². The molecule has 0 aromatic heterocycles. The van der Waals surface area contributed by atoms with Crippen LogP contribution in [0.2, 0.25) is 0 Å². The number of rotatable bonds is 4. The molecule has 0 radical (unpaired) electrons. The predicted octanol–water partition coefficient (Wildman–Crippen LogP) is 1.47. The van der Waals surface area contributed by atoms with Gasteiger partial charge in [-0.15, -0.1) is 0 Å². The minimum absolute atomic E-state index is 0.0281. The second-order valence-electron chi connectivity index (χ2n) is 5.67. The van der Waals surface area contributed by atoms with Gasteiger partial charge in [0, 0.05) is 33.1 Å². The third-order valence-corrected chi connectivity index (χ3v) is 5.48. The van der Waals surface area contributed by atoms with Crippen LogP contribution in [0.1, 0.15) is 20.8 Å². The van der Waals surface area contributed by atoms with E-state index in [0.717, 1.165) is 6.07 Å². The maximum Gasteiger partial charge on any atom is 0.243 e. The first kappa shape index (κ1) is 17.7. The average molecular weight is 344 g/mol. The zero-order valence-corrected chi connectivity index (χ0v) is 14.3. The van der Waals surface area contributed by atoms with Gasteiger partial charge >= 0.3 is 0 Å². The van der Waals surface area contributed by atoms with E-state index in [-0.39, 0.29) is 35.7 Å². The van der Waals surface area contributed by atoms with Crippen molar-refractivity contribution in [3.8, 4) is 5.75 Å². The van der Waals surface area contributed by atoms with E-state index in [1.807, 2.05) is 0 Å². The van der Waals surface area contributed by atoms with Crippen molar-refractivity contribution in [3.63, 3.8) is 0 Å². The zero-order chi connectivity index (χ0) is 17.2. The predicted molar refractivity (Wildman–Crippen MR) is 83.2 cm³/mol. The molecule has 1 aromatic carbocycles. The van der Waals surface area contributed by atoms with E-state index in [1.54, 1.807) is 18.7 Å². The number of piperazine rings is 1. The summed E-state index contributed by atoms with van der Waals surface area (Å²) in [4.78, 5) is 12.8. The first-order valence-electron chi connectivity index (χ1n) is 7.43. The Labute approximate surface area is 135 Å². The first-order valence-corrected chi connectivity index (χ1v) is 8.87. The standard InChI is InChI=1S/C15H21FN2O4S/c1-11(2)22-15-5-4-13(10-14(15)16)23(20,21)18-8-6-17(7-9-18)12(3)19/h4-5,10-11H,6-9H2,1-3H3. The van der Waals surface area contributed by atoms with Crippen molar-refractivity contribution in [2.45, 2.75) is 31.8 Å². The van der Waals surface area contributed by atoms with Crippen molar-refractivity contribution >= 4 is 15.9 Å². The summed E-state index contributed by atoms with van der Waals surface area (Å²) in [6.45, 7) is 6.06. The lowest BCUT2D eigenvalue weighted by Gasteiger charge is -2.33. The van der Waals surface area contributed by atoms with Crippen molar-refractivity contribution in [1.82, 2.24) is 9.21 Å². The Morgan fingerprint density at radius 3 is 2.30 bits per heavy atom. The van der Waals surface area contributed by atoms with Crippen molar-refractivity contribution in [1.29, 1.82) is 0 Å². The van der Waals surface area contributed by atoms with Crippen LogP contribution in [-0.2, 0) is 14.8 Å². The lowest BCUT2D eigenvalue weighted by atomic mass is 10.3. The van der Waals surface area contributed by atoms with E-state index >= 15 is 0 Å². The van der Waals surface area contributed by atoms with Crippen molar-refractivity contribution < 1.29 is 22.3 Å². The number of ether oxygens (including phenoxy) is 1. The number of amides is 1. The van der Waals surface area contributed by atoms with Gasteiger partial charge in [0.05, 0.1) is 11.0 Å². The molecule has 1 aromatic rings. The number of sulfonamides is 1. The fourth-order valence-corrected chi connectivity index (χ4v) is 3.82. The van der Waals surface area contributed by atoms with Crippen LogP contribution >= 0.6 is 0 Å². The highest BCUT2D eigenvalue weighted by Crippen LogP contribution is 2.24. The van der Waals surface area contributed by atoms with Gasteiger partial charge in [-0.05, 0) is 32.0 Å². The molecule has 0 aliphatic carbocycles. The quantitative estimate of drug-likeness (QED) is 0.829. The van der Waals surface area contributed by atoms with Gasteiger partial charge in [-0.3, -0.25) is 4.79 Å². The van der Waals surface area contributed by atoms with Gasteiger partial charge in [0.2, 0.25) is 15.9 Å². The number of benzene rings is 1. The third kappa shape index (κ3) is 4.00. The lowest BCUT2D eigenvalue weighted by molar-refractivity contribution is -0.129. The van der Waals surface area contributed by atoms with Crippen LogP contribution in [0.15, 0.2) is 23.1 Å². The monoisotopic (exact) mass is 344 g/mol. The van der Waals surface area contributed by atoms with Gasteiger partial charge in [-0.25, -0.2) is 12.8 Å². The number of hydrogen-bond acceptors (Lipinski definition) is 4. The minimum Gasteiger partial charge on any atom is -0.488 e. The molecule has 0 spiro atoms. The maximum absolute atomic E-state index is 14.0. The molecular formula is C15H21FN2O4S. The van der Waals surface area contributed by atoms with E-state index in [1.165, 1.54) is 23.4 Å². The SMILES string of the molecule is CC(=O)N1CCN(S(=O)(=O)c2ccc(OC(C)C)c(F)c2)CC1. The van der Waals surface area contributed by atoms with Gasteiger partial charge in [-0.2, -0.15) is 4.31 Å². The molecule has 0 bridgehead atoms. The fourth-order valence-electron chi connectivity index (χ4n) is 2.38.